The highest BCUT2D eigenvalue weighted by Gasteiger charge is 2.68. The molecule has 6 atom stereocenters. The van der Waals surface area contributed by atoms with Crippen LogP contribution in [-0.4, -0.2) is 79.6 Å². The van der Waals surface area contributed by atoms with E-state index in [4.69, 9.17) is 29.0 Å². The number of nitrogens with one attached hydrogen (secondary N) is 1. The summed E-state index contributed by atoms with van der Waals surface area (Å²) >= 11 is 0. The number of para-hydroxylation sites is 1. The molecule has 3 aliphatic rings. The van der Waals surface area contributed by atoms with Crippen molar-refractivity contribution < 1.29 is 57.2 Å². The van der Waals surface area contributed by atoms with Crippen LogP contribution in [0.3, 0.4) is 0 Å². The number of carboxylic acid groups (broad SMARTS) is 2. The lowest BCUT2D eigenvalue weighted by Gasteiger charge is -2.42. The van der Waals surface area contributed by atoms with Gasteiger partial charge in [0.25, 0.3) is 0 Å². The third-order valence-electron chi connectivity index (χ3n) is 11.8. The first-order valence-electron chi connectivity index (χ1n) is 19.7. The molecule has 3 heterocycles. The Morgan fingerprint density at radius 1 is 0.983 bits per heavy atom. The van der Waals surface area contributed by atoms with E-state index in [9.17, 15) is 34.7 Å². The molecule has 2 saturated carbocycles. The van der Waals surface area contributed by atoms with Gasteiger partial charge in [-0.15, -0.1) is 0 Å². The van der Waals surface area contributed by atoms with Crippen molar-refractivity contribution >= 4 is 43.0 Å². The maximum atomic E-state index is 15.1. The third kappa shape index (κ3) is 8.94. The first kappa shape index (κ1) is 43.5. The average molecular weight is 839 g/mol. The molecule has 0 unspecified atom stereocenters. The van der Waals surface area contributed by atoms with Gasteiger partial charge in [0.15, 0.2) is 5.82 Å². The summed E-state index contributed by atoms with van der Waals surface area (Å²) in [5.41, 5.74) is 0.523. The number of carboxylic acids is 2. The summed E-state index contributed by atoms with van der Waals surface area (Å²) in [5.74, 6) is -7.00. The zero-order valence-corrected chi connectivity index (χ0v) is 34.3. The molecule has 1 aromatic carbocycles. The SMILES string of the molecule is CC(C)(C(=O)O)[C@@H]1[C@H](CO[P@](=O)(N[C@@H](CC(=O)OC2CCCC2)C(=O)OC2CCCC2)Oc2ccccc2)O[C@@](C#N)(c2ccc3c(N)ncnn23)[C@H]1C(C)(C)C(=O)O. The number of fused-ring (bicyclic) bond motifs is 1. The molecule has 2 aromatic heterocycles. The Hall–Kier alpha value is -5.08. The van der Waals surface area contributed by atoms with Gasteiger partial charge < -0.3 is 34.7 Å². The summed E-state index contributed by atoms with van der Waals surface area (Å²) in [6.07, 6.45) is 4.39. The van der Waals surface area contributed by atoms with Crippen LogP contribution < -0.4 is 15.3 Å². The number of esters is 2. The highest BCUT2D eigenvalue weighted by Crippen LogP contribution is 2.60. The lowest BCUT2D eigenvalue weighted by atomic mass is 9.57. The van der Waals surface area contributed by atoms with Gasteiger partial charge in [-0.25, -0.2) is 14.1 Å². The predicted octanol–water partition coefficient (Wildman–Crippen LogP) is 5.41. The summed E-state index contributed by atoms with van der Waals surface area (Å²) < 4.78 is 46.4. The molecule has 1 saturated heterocycles. The molecule has 0 amide bonds. The van der Waals surface area contributed by atoms with Gasteiger partial charge in [0, 0.05) is 11.8 Å². The van der Waals surface area contributed by atoms with Crippen LogP contribution in [0.2, 0.25) is 0 Å². The lowest BCUT2D eigenvalue weighted by molar-refractivity contribution is -0.161. The van der Waals surface area contributed by atoms with E-state index in [2.05, 4.69) is 21.2 Å². The van der Waals surface area contributed by atoms with Crippen LogP contribution in [0.4, 0.5) is 5.82 Å². The minimum Gasteiger partial charge on any atom is -0.481 e. The molecule has 2 aliphatic carbocycles. The average Bonchev–Trinajstić information content (AvgIpc) is 4.02. The number of carbonyl (C=O) groups is 4. The van der Waals surface area contributed by atoms with Gasteiger partial charge >= 0.3 is 31.6 Å². The van der Waals surface area contributed by atoms with E-state index in [1.54, 1.807) is 18.2 Å². The van der Waals surface area contributed by atoms with Crippen LogP contribution in [0.1, 0.15) is 91.2 Å². The number of aromatic nitrogens is 3. The van der Waals surface area contributed by atoms with Gasteiger partial charge in [0.1, 0.15) is 41.9 Å². The summed E-state index contributed by atoms with van der Waals surface area (Å²) in [4.78, 5) is 57.3. The number of ether oxygens (including phenoxy) is 3. The van der Waals surface area contributed by atoms with Gasteiger partial charge in [-0.2, -0.15) is 15.4 Å². The smallest absolute Gasteiger partial charge is 0.459 e. The zero-order valence-electron chi connectivity index (χ0n) is 33.4. The van der Waals surface area contributed by atoms with E-state index in [0.717, 1.165) is 32.0 Å². The van der Waals surface area contributed by atoms with Crippen molar-refractivity contribution in [2.24, 2.45) is 22.7 Å². The number of nitriles is 1. The van der Waals surface area contributed by atoms with E-state index in [1.165, 1.54) is 56.5 Å². The van der Waals surface area contributed by atoms with Crippen molar-refractivity contribution in [2.45, 2.75) is 115 Å². The second-order valence-electron chi connectivity index (χ2n) is 16.5. The van der Waals surface area contributed by atoms with Gasteiger partial charge in [0.05, 0.1) is 35.7 Å². The summed E-state index contributed by atoms with van der Waals surface area (Å²) in [5, 5.41) is 39.4. The fraction of sp³-hybridized carbons (Fsp3) is 0.575. The number of aliphatic carboxylic acids is 2. The minimum absolute atomic E-state index is 0.0365. The second kappa shape index (κ2) is 17.3. The molecule has 0 bridgehead atoms. The highest BCUT2D eigenvalue weighted by atomic mass is 31.2. The van der Waals surface area contributed by atoms with Crippen LogP contribution in [0.25, 0.3) is 5.52 Å². The van der Waals surface area contributed by atoms with E-state index >= 15 is 4.57 Å². The largest absolute Gasteiger partial charge is 0.481 e. The molecule has 3 fully saturated rings. The van der Waals surface area contributed by atoms with E-state index in [-0.39, 0.29) is 28.9 Å². The number of rotatable bonds is 17. The van der Waals surface area contributed by atoms with Crippen LogP contribution in [0, 0.1) is 34.0 Å². The molecule has 5 N–H and O–H groups in total. The monoisotopic (exact) mass is 838 g/mol. The molecular formula is C40H51N6O12P. The number of carbonyl (C=O) groups excluding carboxylic acids is 2. The molecule has 0 radical (unpaired) electrons. The van der Waals surface area contributed by atoms with Crippen molar-refractivity contribution in [2.75, 3.05) is 12.3 Å². The van der Waals surface area contributed by atoms with Crippen LogP contribution >= 0.6 is 7.75 Å². The number of nitrogen functional groups attached to an aromatic ring is 1. The Bertz CT molecular complexity index is 2130. The Balaban J connectivity index is 1.41. The molecule has 3 aromatic rings. The van der Waals surface area contributed by atoms with Crippen LogP contribution in [-0.2, 0) is 48.1 Å². The molecule has 1 aliphatic heterocycles. The first-order chi connectivity index (χ1) is 27.9. The molecule has 19 heteroatoms. The molecular weight excluding hydrogens is 787 g/mol. The Morgan fingerprint density at radius 3 is 2.19 bits per heavy atom. The molecule has 6 rings (SSSR count). The van der Waals surface area contributed by atoms with E-state index in [0.29, 0.717) is 25.7 Å². The Morgan fingerprint density at radius 2 is 1.59 bits per heavy atom. The molecule has 18 nitrogen and oxygen atoms in total. The van der Waals surface area contributed by atoms with Gasteiger partial charge in [-0.3, -0.25) is 23.7 Å². The van der Waals surface area contributed by atoms with Crippen molar-refractivity contribution in [1.29, 1.82) is 5.26 Å². The predicted molar refractivity (Wildman–Crippen MR) is 208 cm³/mol. The second-order valence-corrected chi connectivity index (χ2v) is 18.2. The van der Waals surface area contributed by atoms with Gasteiger partial charge in [-0.05, 0) is 103 Å². The van der Waals surface area contributed by atoms with E-state index in [1.807, 2.05) is 0 Å². The normalized spacial score (nSPS) is 24.3. The first-order valence-corrected chi connectivity index (χ1v) is 21.3. The van der Waals surface area contributed by atoms with Gasteiger partial charge in [-0.1, -0.05) is 18.2 Å². The van der Waals surface area contributed by atoms with Gasteiger partial charge in [0.2, 0.25) is 5.60 Å². The number of benzene rings is 1. The quantitative estimate of drug-likeness (QED) is 0.0978. The summed E-state index contributed by atoms with van der Waals surface area (Å²) in [7, 11) is -4.81. The van der Waals surface area contributed by atoms with Crippen molar-refractivity contribution in [3.05, 3.63) is 54.5 Å². The number of nitrogens with two attached hydrogens (primary N) is 1. The summed E-state index contributed by atoms with van der Waals surface area (Å²) in [6, 6.07) is 11.4. The number of anilines is 1. The van der Waals surface area contributed by atoms with E-state index < -0.39 is 91.2 Å². The molecule has 318 valence electrons. The minimum atomic E-state index is -4.81. The maximum absolute atomic E-state index is 15.1. The van der Waals surface area contributed by atoms with Crippen molar-refractivity contribution in [1.82, 2.24) is 19.7 Å². The topological polar surface area (TPSA) is 264 Å². The number of hydrogen-bond acceptors (Lipinski definition) is 14. The maximum Gasteiger partial charge on any atom is 0.459 e. The van der Waals surface area contributed by atoms with Crippen molar-refractivity contribution in [3.8, 4) is 11.8 Å². The molecule has 59 heavy (non-hydrogen) atoms. The zero-order chi connectivity index (χ0) is 42.8. The lowest BCUT2D eigenvalue weighted by Crippen LogP contribution is -2.52. The fourth-order valence-electron chi connectivity index (χ4n) is 8.63. The Kier molecular flexibility index (Phi) is 12.7. The fourth-order valence-corrected chi connectivity index (χ4v) is 10.1. The number of nitrogens with zero attached hydrogens (tertiary/aromatic N) is 4. The number of hydrogen-bond donors (Lipinski definition) is 4. The Labute approximate surface area is 341 Å². The van der Waals surface area contributed by atoms with Crippen LogP contribution in [0.15, 0.2) is 48.8 Å². The summed E-state index contributed by atoms with van der Waals surface area (Å²) in [6.45, 7) is 4.70. The molecule has 0 spiro atoms. The highest BCUT2D eigenvalue weighted by molar-refractivity contribution is 7.52. The van der Waals surface area contributed by atoms with Crippen LogP contribution in [0.5, 0.6) is 5.75 Å². The third-order valence-corrected chi connectivity index (χ3v) is 13.4. The van der Waals surface area contributed by atoms with Crippen molar-refractivity contribution in [3.63, 3.8) is 0 Å². The standard InChI is InChI=1S/C40H51N6O12P/c1-38(2,36(49)50)32-29(57-40(22-41,33(32)39(3,4)37(51)52)30-19-18-28-34(42)43-23-44-46(28)30)21-54-59(53,58-26-16-6-5-7-17-26)45-27(35(48)56-25-14-10-11-15-25)20-31(47)55-24-12-8-9-13-24/h5-7,16-19,23-25,27,29,32-33H,8-15,20-21H2,1-4H3,(H,45,53)(H,49,50)(H,51,52)(H2,42,43,44)/t27-,29-,32+,33+,40-,59+/m0/s1.